The van der Waals surface area contributed by atoms with Gasteiger partial charge in [-0.3, -0.25) is 4.68 Å². The smallest absolute Gasteiger partial charge is 0.0641 e. The van der Waals surface area contributed by atoms with E-state index in [4.69, 9.17) is 0 Å². The molecule has 0 saturated heterocycles. The van der Waals surface area contributed by atoms with Crippen LogP contribution in [0.15, 0.2) is 0 Å². The summed E-state index contributed by atoms with van der Waals surface area (Å²) in [6.45, 7) is 15.2. The van der Waals surface area contributed by atoms with Crippen LogP contribution in [-0.4, -0.2) is 27.5 Å². The van der Waals surface area contributed by atoms with Gasteiger partial charge in [0.15, 0.2) is 0 Å². The number of rotatable bonds is 7. The highest BCUT2D eigenvalue weighted by molar-refractivity contribution is 5.24. The zero-order chi connectivity index (χ0) is 14.6. The molecule has 0 fully saturated rings. The molecule has 1 atom stereocenters. The van der Waals surface area contributed by atoms with Gasteiger partial charge >= 0.3 is 0 Å². The summed E-state index contributed by atoms with van der Waals surface area (Å²) in [5.41, 5.74) is 3.77. The minimum absolute atomic E-state index is 0.108. The summed E-state index contributed by atoms with van der Waals surface area (Å²) in [6, 6.07) is 0. The van der Waals surface area contributed by atoms with Crippen LogP contribution in [0.3, 0.4) is 0 Å². The lowest BCUT2D eigenvalue weighted by Gasteiger charge is -2.26. The lowest BCUT2D eigenvalue weighted by molar-refractivity contribution is 0.128. The molecule has 1 aromatic heterocycles. The van der Waals surface area contributed by atoms with Crippen molar-refractivity contribution < 1.29 is 5.11 Å². The van der Waals surface area contributed by atoms with Gasteiger partial charge in [0.25, 0.3) is 0 Å². The van der Waals surface area contributed by atoms with Crippen molar-refractivity contribution in [3.05, 3.63) is 17.0 Å². The second-order valence-electron chi connectivity index (χ2n) is 6.29. The Balaban J connectivity index is 2.56. The maximum Gasteiger partial charge on any atom is 0.0641 e. The van der Waals surface area contributed by atoms with Crippen LogP contribution in [0.5, 0.6) is 0 Å². The molecule has 1 unspecified atom stereocenters. The molecule has 4 nitrogen and oxygen atoms in total. The molecule has 19 heavy (non-hydrogen) atoms. The molecule has 0 spiro atoms. The summed E-state index contributed by atoms with van der Waals surface area (Å²) in [7, 11) is 0. The Morgan fingerprint density at radius 1 is 1.37 bits per heavy atom. The minimum Gasteiger partial charge on any atom is -0.393 e. The molecule has 1 rings (SSSR count). The fraction of sp³-hybridized carbons (Fsp3) is 0.800. The molecule has 0 aromatic carbocycles. The molecule has 1 aromatic rings. The first-order chi connectivity index (χ1) is 8.76. The van der Waals surface area contributed by atoms with Crippen molar-refractivity contribution in [1.29, 1.82) is 0 Å². The number of aliphatic hydroxyl groups is 1. The van der Waals surface area contributed by atoms with Crippen LogP contribution in [0.1, 0.15) is 51.1 Å². The van der Waals surface area contributed by atoms with E-state index in [1.165, 1.54) is 11.3 Å². The summed E-state index contributed by atoms with van der Waals surface area (Å²) in [5, 5.41) is 17.5. The highest BCUT2D eigenvalue weighted by atomic mass is 16.3. The Labute approximate surface area is 117 Å². The third kappa shape index (κ3) is 4.62. The van der Waals surface area contributed by atoms with Gasteiger partial charge in [-0.05, 0) is 39.5 Å². The van der Waals surface area contributed by atoms with Gasteiger partial charge in [0, 0.05) is 30.9 Å². The van der Waals surface area contributed by atoms with Gasteiger partial charge in [-0.15, -0.1) is 0 Å². The number of hydrogen-bond acceptors (Lipinski definition) is 3. The molecular formula is C15H29N3O. The predicted octanol–water partition coefficient (Wildman–Crippen LogP) is 2.41. The highest BCUT2D eigenvalue weighted by Gasteiger charge is 2.20. The highest BCUT2D eigenvalue weighted by Crippen LogP contribution is 2.21. The Bertz CT molecular complexity index is 408. The number of aromatic nitrogens is 2. The lowest BCUT2D eigenvalue weighted by Crippen LogP contribution is -2.31. The molecule has 0 aliphatic rings. The summed E-state index contributed by atoms with van der Waals surface area (Å²) >= 11 is 0. The van der Waals surface area contributed by atoms with Crippen LogP contribution in [0.2, 0.25) is 0 Å². The van der Waals surface area contributed by atoms with E-state index < -0.39 is 0 Å². The standard InChI is InChI=1S/C15H29N3O/c1-7-18-13(4)14(12(3)17-18)9-16-10-15(5,6)8-11(2)19/h11,16,19H,7-10H2,1-6H3. The summed E-state index contributed by atoms with van der Waals surface area (Å²) in [6.07, 6.45) is 0.565. The van der Waals surface area contributed by atoms with E-state index in [1.807, 2.05) is 11.6 Å². The summed E-state index contributed by atoms with van der Waals surface area (Å²) < 4.78 is 2.05. The third-order valence-corrected chi connectivity index (χ3v) is 3.58. The first kappa shape index (κ1) is 16.2. The van der Waals surface area contributed by atoms with Crippen molar-refractivity contribution >= 4 is 0 Å². The largest absolute Gasteiger partial charge is 0.393 e. The Morgan fingerprint density at radius 2 is 2.00 bits per heavy atom. The maximum atomic E-state index is 9.49. The molecule has 0 radical (unpaired) electrons. The zero-order valence-electron chi connectivity index (χ0n) is 13.2. The Hall–Kier alpha value is -0.870. The average molecular weight is 267 g/mol. The van der Waals surface area contributed by atoms with E-state index in [-0.39, 0.29) is 11.5 Å². The van der Waals surface area contributed by atoms with Crippen LogP contribution in [0.4, 0.5) is 0 Å². The average Bonchev–Trinajstić information content (AvgIpc) is 2.54. The van der Waals surface area contributed by atoms with E-state index >= 15 is 0 Å². The normalized spacial score (nSPS) is 13.8. The predicted molar refractivity (Wildman–Crippen MR) is 79.2 cm³/mol. The van der Waals surface area contributed by atoms with Gasteiger partial charge in [0.05, 0.1) is 11.8 Å². The van der Waals surface area contributed by atoms with Gasteiger partial charge < -0.3 is 10.4 Å². The SMILES string of the molecule is CCn1nc(C)c(CNCC(C)(C)CC(C)O)c1C. The van der Waals surface area contributed by atoms with Crippen LogP contribution < -0.4 is 5.32 Å². The minimum atomic E-state index is -0.247. The van der Waals surface area contributed by atoms with E-state index in [0.717, 1.165) is 31.7 Å². The molecule has 0 bridgehead atoms. The third-order valence-electron chi connectivity index (χ3n) is 3.58. The second kappa shape index (κ2) is 6.53. The molecule has 2 N–H and O–H groups in total. The molecule has 1 heterocycles. The zero-order valence-corrected chi connectivity index (χ0v) is 13.2. The fourth-order valence-electron chi connectivity index (χ4n) is 2.70. The Kier molecular flexibility index (Phi) is 5.56. The van der Waals surface area contributed by atoms with Gasteiger partial charge in [-0.25, -0.2) is 0 Å². The van der Waals surface area contributed by atoms with Gasteiger partial charge in [-0.2, -0.15) is 5.10 Å². The van der Waals surface area contributed by atoms with Crippen molar-refractivity contribution in [2.75, 3.05) is 6.54 Å². The quantitative estimate of drug-likeness (QED) is 0.797. The maximum absolute atomic E-state index is 9.49. The van der Waals surface area contributed by atoms with Gasteiger partial charge in [0.2, 0.25) is 0 Å². The van der Waals surface area contributed by atoms with Crippen LogP contribution in [0.25, 0.3) is 0 Å². The van der Waals surface area contributed by atoms with Crippen molar-refractivity contribution in [1.82, 2.24) is 15.1 Å². The van der Waals surface area contributed by atoms with Crippen molar-refractivity contribution in [3.63, 3.8) is 0 Å². The number of hydrogen-bond donors (Lipinski definition) is 2. The number of aliphatic hydroxyl groups excluding tert-OH is 1. The molecule has 0 saturated carbocycles. The van der Waals surface area contributed by atoms with Gasteiger partial charge in [-0.1, -0.05) is 13.8 Å². The first-order valence-electron chi connectivity index (χ1n) is 7.18. The van der Waals surface area contributed by atoms with Gasteiger partial charge in [0.1, 0.15) is 0 Å². The van der Waals surface area contributed by atoms with Crippen LogP contribution in [0, 0.1) is 19.3 Å². The number of nitrogens with one attached hydrogen (secondary N) is 1. The topological polar surface area (TPSA) is 50.1 Å². The number of nitrogens with zero attached hydrogens (tertiary/aromatic N) is 2. The monoisotopic (exact) mass is 267 g/mol. The van der Waals surface area contributed by atoms with E-state index in [0.29, 0.717) is 0 Å². The summed E-state index contributed by atoms with van der Waals surface area (Å²) in [4.78, 5) is 0. The van der Waals surface area contributed by atoms with E-state index in [1.54, 1.807) is 0 Å². The van der Waals surface area contributed by atoms with Crippen molar-refractivity contribution in [2.45, 2.75) is 67.2 Å². The van der Waals surface area contributed by atoms with Crippen LogP contribution in [-0.2, 0) is 13.1 Å². The second-order valence-corrected chi connectivity index (χ2v) is 6.29. The van der Waals surface area contributed by atoms with E-state index in [2.05, 4.69) is 45.0 Å². The van der Waals surface area contributed by atoms with Crippen molar-refractivity contribution in [3.8, 4) is 0 Å². The molecular weight excluding hydrogens is 238 g/mol. The fourth-order valence-corrected chi connectivity index (χ4v) is 2.70. The Morgan fingerprint density at radius 3 is 2.47 bits per heavy atom. The lowest BCUT2D eigenvalue weighted by atomic mass is 9.87. The van der Waals surface area contributed by atoms with E-state index in [9.17, 15) is 5.11 Å². The number of aryl methyl sites for hydroxylation is 2. The van der Waals surface area contributed by atoms with Crippen LogP contribution >= 0.6 is 0 Å². The first-order valence-corrected chi connectivity index (χ1v) is 7.18. The molecule has 0 aliphatic heterocycles. The summed E-state index contributed by atoms with van der Waals surface area (Å²) in [5.74, 6) is 0. The molecule has 0 amide bonds. The molecule has 4 heteroatoms. The molecule has 0 aliphatic carbocycles. The van der Waals surface area contributed by atoms with Crippen molar-refractivity contribution in [2.24, 2.45) is 5.41 Å². The molecule has 110 valence electrons.